The predicted octanol–water partition coefficient (Wildman–Crippen LogP) is 8.52. The van der Waals surface area contributed by atoms with Crippen LogP contribution in [-0.2, 0) is 25.7 Å². The molecule has 0 aromatic heterocycles. The molecule has 0 bridgehead atoms. The molecule has 0 heterocycles. The quantitative estimate of drug-likeness (QED) is 0.234. The zero-order valence-electron chi connectivity index (χ0n) is 27.7. The summed E-state index contributed by atoms with van der Waals surface area (Å²) in [7, 11) is 3.53. The molecule has 4 atom stereocenters. The molecule has 0 fully saturated rings. The molecule has 0 saturated carbocycles. The highest BCUT2D eigenvalue weighted by atomic mass is 16.5. The van der Waals surface area contributed by atoms with E-state index in [0.717, 1.165) is 74.2 Å². The lowest BCUT2D eigenvalue weighted by atomic mass is 9.79. The largest absolute Gasteiger partial charge is 0.508 e. The van der Waals surface area contributed by atoms with Gasteiger partial charge in [-0.1, -0.05) is 56.4 Å². The van der Waals surface area contributed by atoms with Crippen molar-refractivity contribution < 1.29 is 19.7 Å². The van der Waals surface area contributed by atoms with Crippen LogP contribution in [0.25, 0.3) is 0 Å². The monoisotopic (exact) mass is 615 g/mol. The number of ether oxygens (including phenoxy) is 2. The first-order valence-electron chi connectivity index (χ1n) is 16.5. The van der Waals surface area contributed by atoms with Gasteiger partial charge in [-0.2, -0.15) is 0 Å². The number of hydrogen-bond donors (Lipinski definition) is 2. The number of phenols is 2. The first-order chi connectivity index (χ1) is 20.2. The number of aromatic hydroxyl groups is 2. The number of phenolic OH excluding ortho intramolecular Hbond substituents is 2. The molecule has 4 rings (SSSR count). The van der Waals surface area contributed by atoms with E-state index in [-0.39, 0.29) is 14.9 Å². The molecule has 0 saturated heterocycles. The lowest BCUT2D eigenvalue weighted by molar-refractivity contribution is 0.137. The van der Waals surface area contributed by atoms with E-state index in [1.165, 1.54) is 37.1 Å². The summed E-state index contributed by atoms with van der Waals surface area (Å²) in [6.45, 7) is 18.2. The molecule has 4 unspecified atom stereocenters. The summed E-state index contributed by atoms with van der Waals surface area (Å²) in [5, 5.41) is 20.1. The van der Waals surface area contributed by atoms with Crippen molar-refractivity contribution in [3.05, 3.63) is 46.5 Å². The Hall–Kier alpha value is -2.44. The van der Waals surface area contributed by atoms with Gasteiger partial charge in [-0.25, -0.2) is 0 Å². The fourth-order valence-electron chi connectivity index (χ4n) is 7.35. The van der Waals surface area contributed by atoms with E-state index >= 15 is 0 Å². The predicted molar refractivity (Wildman–Crippen MR) is 188 cm³/mol. The van der Waals surface area contributed by atoms with Crippen LogP contribution in [0.5, 0.6) is 23.0 Å². The van der Waals surface area contributed by atoms with Gasteiger partial charge in [0.25, 0.3) is 0 Å². The van der Waals surface area contributed by atoms with Gasteiger partial charge in [-0.15, -0.1) is 0 Å². The molecule has 0 amide bonds. The average molecular weight is 615 g/mol. The van der Waals surface area contributed by atoms with Gasteiger partial charge in [0.15, 0.2) is 0 Å². The van der Waals surface area contributed by atoms with E-state index in [1.807, 2.05) is 6.07 Å². The fourth-order valence-corrected chi connectivity index (χ4v) is 7.35. The van der Waals surface area contributed by atoms with Crippen molar-refractivity contribution in [2.45, 2.75) is 120 Å². The lowest BCUT2D eigenvalue weighted by Crippen LogP contribution is -2.45. The van der Waals surface area contributed by atoms with Gasteiger partial charge in [-0.3, -0.25) is 9.80 Å². The maximum Gasteiger partial charge on any atom is 0.122 e. The summed E-state index contributed by atoms with van der Waals surface area (Å²) < 4.78 is 11.2. The summed E-state index contributed by atoms with van der Waals surface area (Å²) in [4.78, 5) is 5.23. The number of fused-ring (bicyclic) bond motifs is 2. The van der Waals surface area contributed by atoms with Crippen LogP contribution < -0.4 is 9.47 Å². The molecule has 6 heteroatoms. The van der Waals surface area contributed by atoms with Gasteiger partial charge < -0.3 is 19.7 Å². The van der Waals surface area contributed by atoms with Crippen LogP contribution in [0.3, 0.4) is 0 Å². The van der Waals surface area contributed by atoms with Crippen LogP contribution in [0.15, 0.2) is 24.3 Å². The maximum absolute atomic E-state index is 10.1. The smallest absolute Gasteiger partial charge is 0.122 e. The van der Waals surface area contributed by atoms with Crippen LogP contribution in [-0.4, -0.2) is 72.5 Å². The molecule has 2 aliphatic carbocycles. The SMILES string of the molecule is C.C.CCCN(CCC)C1Cc2c(O)ccc(O)c2CC1C.CCCN(CCC)C1Cc2c(OC)ccc(OC)c2CC1C. The number of benzene rings is 2. The third-order valence-corrected chi connectivity index (χ3v) is 9.34. The van der Waals surface area contributed by atoms with Crippen molar-refractivity contribution in [1.29, 1.82) is 0 Å². The van der Waals surface area contributed by atoms with Gasteiger partial charge in [-0.05, 0) is 114 Å². The molecule has 2 aromatic rings. The minimum atomic E-state index is 0. The van der Waals surface area contributed by atoms with E-state index in [9.17, 15) is 10.2 Å². The molecule has 252 valence electrons. The molecule has 2 aliphatic rings. The molecule has 2 aromatic carbocycles. The molecule has 44 heavy (non-hydrogen) atoms. The van der Waals surface area contributed by atoms with Crippen molar-refractivity contribution in [3.8, 4) is 23.0 Å². The van der Waals surface area contributed by atoms with Crippen LogP contribution in [0.1, 0.15) is 104 Å². The van der Waals surface area contributed by atoms with Crippen molar-refractivity contribution in [2.24, 2.45) is 11.8 Å². The number of nitrogens with zero attached hydrogens (tertiary/aromatic N) is 2. The Morgan fingerprint density at radius 3 is 1.25 bits per heavy atom. The van der Waals surface area contributed by atoms with Gasteiger partial charge in [0, 0.05) is 34.3 Å². The second kappa shape index (κ2) is 19.2. The molecule has 0 aliphatic heterocycles. The Balaban J connectivity index is 0.000000422. The standard InChI is InChI=1S/C19H31NO2.C17H27NO2.2CH4/c1-6-10-20(11-7-2)17-13-16-15(12-14(17)3)18(21-4)8-9-19(16)22-5;1-4-8-18(9-5-2)15-11-14-13(10-12(15)3)16(19)6-7-17(14)20;;/h8-9,14,17H,6-7,10-13H2,1-5H3;6-7,12,15,19-20H,4-5,8-11H2,1-3H3;2*1H4. The highest BCUT2D eigenvalue weighted by Gasteiger charge is 2.34. The highest BCUT2D eigenvalue weighted by Crippen LogP contribution is 2.40. The second-order valence-corrected chi connectivity index (χ2v) is 12.5. The van der Waals surface area contributed by atoms with E-state index in [2.05, 4.69) is 57.4 Å². The molecule has 0 radical (unpaired) electrons. The Morgan fingerprint density at radius 2 is 0.886 bits per heavy atom. The van der Waals surface area contributed by atoms with E-state index < -0.39 is 0 Å². The first kappa shape index (κ1) is 39.6. The van der Waals surface area contributed by atoms with Gasteiger partial charge in [0.2, 0.25) is 0 Å². The Kier molecular flexibility index (Phi) is 17.2. The minimum absolute atomic E-state index is 0. The number of hydrogen-bond acceptors (Lipinski definition) is 6. The van der Waals surface area contributed by atoms with E-state index in [0.29, 0.717) is 35.4 Å². The zero-order valence-corrected chi connectivity index (χ0v) is 27.7. The molecule has 2 N–H and O–H groups in total. The summed E-state index contributed by atoms with van der Waals surface area (Å²) >= 11 is 0. The Labute approximate surface area is 270 Å². The van der Waals surface area contributed by atoms with Crippen molar-refractivity contribution in [1.82, 2.24) is 9.80 Å². The van der Waals surface area contributed by atoms with Gasteiger partial charge in [0.1, 0.15) is 23.0 Å². The van der Waals surface area contributed by atoms with Gasteiger partial charge >= 0.3 is 0 Å². The maximum atomic E-state index is 10.1. The van der Waals surface area contributed by atoms with Crippen molar-refractivity contribution >= 4 is 0 Å². The Bertz CT molecular complexity index is 1110. The topological polar surface area (TPSA) is 65.4 Å². The fraction of sp³-hybridized carbons (Fsp3) is 0.684. The number of methoxy groups -OCH3 is 2. The molecular weight excluding hydrogens is 548 g/mol. The van der Waals surface area contributed by atoms with Crippen molar-refractivity contribution in [3.63, 3.8) is 0 Å². The molecule has 0 spiro atoms. The minimum Gasteiger partial charge on any atom is -0.508 e. The normalized spacial score (nSPS) is 20.4. The van der Waals surface area contributed by atoms with Crippen LogP contribution >= 0.6 is 0 Å². The van der Waals surface area contributed by atoms with Gasteiger partial charge in [0.05, 0.1) is 14.2 Å². The number of rotatable bonds is 12. The summed E-state index contributed by atoms with van der Waals surface area (Å²) in [5.41, 5.74) is 4.59. The van der Waals surface area contributed by atoms with Crippen LogP contribution in [0.2, 0.25) is 0 Å². The summed E-state index contributed by atoms with van der Waals surface area (Å²) in [6, 6.07) is 8.39. The average Bonchev–Trinajstić information content (AvgIpc) is 2.98. The second-order valence-electron chi connectivity index (χ2n) is 12.5. The van der Waals surface area contributed by atoms with Crippen LogP contribution in [0, 0.1) is 11.8 Å². The van der Waals surface area contributed by atoms with E-state index in [1.54, 1.807) is 26.4 Å². The van der Waals surface area contributed by atoms with Crippen LogP contribution in [0.4, 0.5) is 0 Å². The highest BCUT2D eigenvalue weighted by molar-refractivity contribution is 5.51. The Morgan fingerprint density at radius 1 is 0.568 bits per heavy atom. The first-order valence-corrected chi connectivity index (χ1v) is 16.5. The third-order valence-electron chi connectivity index (χ3n) is 9.34. The van der Waals surface area contributed by atoms with Crippen molar-refractivity contribution in [2.75, 3.05) is 40.4 Å². The molecular formula is C38H66N2O4. The summed E-state index contributed by atoms with van der Waals surface area (Å²) in [5.74, 6) is 3.85. The zero-order chi connectivity index (χ0) is 30.8. The third kappa shape index (κ3) is 9.29. The summed E-state index contributed by atoms with van der Waals surface area (Å²) in [6.07, 6.45) is 8.57. The molecule has 6 nitrogen and oxygen atoms in total. The van der Waals surface area contributed by atoms with E-state index in [4.69, 9.17) is 9.47 Å². The lowest BCUT2D eigenvalue weighted by Gasteiger charge is -2.40.